The summed E-state index contributed by atoms with van der Waals surface area (Å²) in [5, 5.41) is 0. The van der Waals surface area contributed by atoms with Crippen LogP contribution in [0.25, 0.3) is 21.5 Å². The fourth-order valence-electron chi connectivity index (χ4n) is 1.88. The third-order valence-electron chi connectivity index (χ3n) is 2.86. The quantitative estimate of drug-likeness (QED) is 0.716. The minimum Gasteiger partial charge on any atom is -0.497 e. The number of rotatable bonds is 2. The first-order valence-corrected chi connectivity index (χ1v) is 6.64. The third kappa shape index (κ3) is 2.22. The largest absolute Gasteiger partial charge is 0.497 e. The Morgan fingerprint density at radius 2 is 1.79 bits per heavy atom. The molecule has 0 saturated carbocycles. The molecule has 3 aromatic rings. The molecule has 0 aliphatic rings. The highest BCUT2D eigenvalue weighted by atomic mass is 32.1. The van der Waals surface area contributed by atoms with Crippen molar-refractivity contribution in [3.8, 4) is 17.0 Å². The Morgan fingerprint density at radius 1 is 1.05 bits per heavy atom. The van der Waals surface area contributed by atoms with Gasteiger partial charge in [0.1, 0.15) is 11.4 Å². The molecule has 0 saturated heterocycles. The molecule has 0 aliphatic heterocycles. The minimum absolute atomic E-state index is 0.0242. The summed E-state index contributed by atoms with van der Waals surface area (Å²) in [5.41, 5.74) is 2.15. The molecular weight excluding hydrogens is 258 g/mol. The van der Waals surface area contributed by atoms with E-state index >= 15 is 0 Å². The number of aromatic nitrogens is 1. The van der Waals surface area contributed by atoms with Crippen molar-refractivity contribution in [2.45, 2.75) is 0 Å². The maximum Gasteiger partial charge on any atom is 0.259 e. The van der Waals surface area contributed by atoms with Gasteiger partial charge in [-0.05, 0) is 36.4 Å². The number of nitrogens with zero attached hydrogens (tertiary/aromatic N) is 1. The molecule has 1 aromatic heterocycles. The molecule has 0 atom stereocenters. The minimum atomic E-state index is -0.0242. The Hall–Kier alpha value is -2.20. The average molecular weight is 269 g/mol. The van der Waals surface area contributed by atoms with Gasteiger partial charge in [-0.15, -0.1) is 0 Å². The molecule has 4 heteroatoms. The van der Waals surface area contributed by atoms with Crippen LogP contribution in [0.1, 0.15) is 0 Å². The lowest BCUT2D eigenvalue weighted by atomic mass is 10.1. The van der Waals surface area contributed by atoms with Crippen LogP contribution in [-0.4, -0.2) is 12.1 Å². The molecule has 0 bridgehead atoms. The van der Waals surface area contributed by atoms with Crippen LogP contribution < -0.4 is 9.48 Å². The molecule has 0 fully saturated rings. The molecular formula is C15H11NO2S. The SMILES string of the molecule is COc1ccc(-c2nc3ccccc3sc2=O)cc1. The summed E-state index contributed by atoms with van der Waals surface area (Å²) in [5.74, 6) is 0.765. The van der Waals surface area contributed by atoms with Crippen molar-refractivity contribution in [2.24, 2.45) is 0 Å². The maximum atomic E-state index is 12.1. The standard InChI is InChI=1S/C15H11NO2S/c1-18-11-8-6-10(7-9-11)14-15(17)19-13-5-3-2-4-12(13)16-14/h2-9H,1H3. The molecule has 0 radical (unpaired) electrons. The summed E-state index contributed by atoms with van der Waals surface area (Å²) in [4.78, 5) is 16.6. The normalized spacial score (nSPS) is 10.6. The van der Waals surface area contributed by atoms with Crippen LogP contribution in [0.3, 0.4) is 0 Å². The molecule has 0 unspecified atom stereocenters. The topological polar surface area (TPSA) is 39.2 Å². The second kappa shape index (κ2) is 4.82. The summed E-state index contributed by atoms with van der Waals surface area (Å²) in [6.07, 6.45) is 0. The van der Waals surface area contributed by atoms with Crippen LogP contribution in [-0.2, 0) is 0 Å². The number of para-hydroxylation sites is 1. The van der Waals surface area contributed by atoms with Gasteiger partial charge in [0.25, 0.3) is 4.74 Å². The Kier molecular flexibility index (Phi) is 3.01. The summed E-state index contributed by atoms with van der Waals surface area (Å²) in [6, 6.07) is 15.0. The second-order valence-corrected chi connectivity index (χ2v) is 5.06. The van der Waals surface area contributed by atoms with E-state index in [0.29, 0.717) is 5.69 Å². The first-order valence-electron chi connectivity index (χ1n) is 5.82. The van der Waals surface area contributed by atoms with E-state index in [-0.39, 0.29) is 4.74 Å². The van der Waals surface area contributed by atoms with Crippen molar-refractivity contribution >= 4 is 21.6 Å². The molecule has 0 amide bonds. The van der Waals surface area contributed by atoms with Crippen LogP contribution in [0.4, 0.5) is 0 Å². The number of hydrogen-bond acceptors (Lipinski definition) is 4. The van der Waals surface area contributed by atoms with E-state index in [2.05, 4.69) is 4.98 Å². The van der Waals surface area contributed by atoms with E-state index in [1.807, 2.05) is 48.5 Å². The van der Waals surface area contributed by atoms with Gasteiger partial charge in [-0.3, -0.25) is 4.79 Å². The summed E-state index contributed by atoms with van der Waals surface area (Å²) >= 11 is 1.22. The van der Waals surface area contributed by atoms with Gasteiger partial charge in [0.05, 0.1) is 17.3 Å². The lowest BCUT2D eigenvalue weighted by Gasteiger charge is -2.03. The molecule has 1 heterocycles. The monoisotopic (exact) mass is 269 g/mol. The zero-order valence-corrected chi connectivity index (χ0v) is 11.1. The molecule has 3 nitrogen and oxygen atoms in total. The maximum absolute atomic E-state index is 12.1. The van der Waals surface area contributed by atoms with Crippen molar-refractivity contribution in [3.63, 3.8) is 0 Å². The van der Waals surface area contributed by atoms with Gasteiger partial charge in [-0.2, -0.15) is 0 Å². The van der Waals surface area contributed by atoms with Crippen molar-refractivity contribution in [2.75, 3.05) is 7.11 Å². The van der Waals surface area contributed by atoms with Gasteiger partial charge < -0.3 is 4.74 Å². The van der Waals surface area contributed by atoms with Crippen molar-refractivity contribution < 1.29 is 4.74 Å². The van der Waals surface area contributed by atoms with Crippen molar-refractivity contribution in [1.29, 1.82) is 0 Å². The number of hydrogen-bond donors (Lipinski definition) is 0. The van der Waals surface area contributed by atoms with E-state index in [1.165, 1.54) is 11.3 Å². The lowest BCUT2D eigenvalue weighted by molar-refractivity contribution is 0.415. The Bertz CT molecular complexity index is 778. The molecule has 19 heavy (non-hydrogen) atoms. The molecule has 0 aliphatic carbocycles. The van der Waals surface area contributed by atoms with Gasteiger partial charge in [0.15, 0.2) is 0 Å². The smallest absolute Gasteiger partial charge is 0.259 e. The molecule has 2 aromatic carbocycles. The van der Waals surface area contributed by atoms with E-state index in [0.717, 1.165) is 21.5 Å². The van der Waals surface area contributed by atoms with Gasteiger partial charge in [-0.1, -0.05) is 23.5 Å². The molecule has 94 valence electrons. The highest BCUT2D eigenvalue weighted by Gasteiger charge is 2.07. The number of ether oxygens (including phenoxy) is 1. The molecule has 3 rings (SSSR count). The van der Waals surface area contributed by atoms with Crippen LogP contribution in [0.2, 0.25) is 0 Å². The summed E-state index contributed by atoms with van der Waals surface area (Å²) < 4.78 is 5.99. The lowest BCUT2D eigenvalue weighted by Crippen LogP contribution is -2.02. The highest BCUT2D eigenvalue weighted by Crippen LogP contribution is 2.22. The average Bonchev–Trinajstić information content (AvgIpc) is 2.47. The second-order valence-electron chi connectivity index (χ2n) is 4.05. The number of methoxy groups -OCH3 is 1. The van der Waals surface area contributed by atoms with Crippen LogP contribution in [0.5, 0.6) is 5.75 Å². The zero-order valence-electron chi connectivity index (χ0n) is 10.3. The zero-order chi connectivity index (χ0) is 13.2. The molecule has 0 spiro atoms. The van der Waals surface area contributed by atoms with Crippen LogP contribution >= 0.6 is 11.3 Å². The van der Waals surface area contributed by atoms with Crippen molar-refractivity contribution in [1.82, 2.24) is 4.98 Å². The van der Waals surface area contributed by atoms with E-state index in [4.69, 9.17) is 4.74 Å². The predicted molar refractivity (Wildman–Crippen MR) is 77.9 cm³/mol. The molecule has 0 N–H and O–H groups in total. The van der Waals surface area contributed by atoms with Gasteiger partial charge in [0.2, 0.25) is 0 Å². The van der Waals surface area contributed by atoms with Crippen LogP contribution in [0.15, 0.2) is 53.3 Å². The summed E-state index contributed by atoms with van der Waals surface area (Å²) in [6.45, 7) is 0. The Balaban J connectivity index is 2.18. The fourth-order valence-corrected chi connectivity index (χ4v) is 2.71. The predicted octanol–water partition coefficient (Wildman–Crippen LogP) is 3.33. The third-order valence-corrected chi connectivity index (χ3v) is 3.80. The number of fused-ring (bicyclic) bond motifs is 1. The fraction of sp³-hybridized carbons (Fsp3) is 0.0667. The summed E-state index contributed by atoms with van der Waals surface area (Å²) in [7, 11) is 1.62. The van der Waals surface area contributed by atoms with E-state index < -0.39 is 0 Å². The first-order chi connectivity index (χ1) is 9.28. The first kappa shape index (κ1) is 11.9. The van der Waals surface area contributed by atoms with Crippen LogP contribution in [0, 0.1) is 0 Å². The van der Waals surface area contributed by atoms with Crippen molar-refractivity contribution in [3.05, 3.63) is 58.1 Å². The van der Waals surface area contributed by atoms with Gasteiger partial charge in [-0.25, -0.2) is 4.98 Å². The Morgan fingerprint density at radius 3 is 2.53 bits per heavy atom. The van der Waals surface area contributed by atoms with E-state index in [1.54, 1.807) is 7.11 Å². The van der Waals surface area contributed by atoms with E-state index in [9.17, 15) is 4.79 Å². The van der Waals surface area contributed by atoms with Gasteiger partial charge >= 0.3 is 0 Å². The van der Waals surface area contributed by atoms with Gasteiger partial charge in [0, 0.05) is 5.56 Å². The number of benzene rings is 2. The highest BCUT2D eigenvalue weighted by molar-refractivity contribution is 7.16. The Labute approximate surface area is 114 Å².